The van der Waals surface area contributed by atoms with Crippen molar-refractivity contribution in [1.29, 1.82) is 0 Å². The lowest BCUT2D eigenvalue weighted by Crippen LogP contribution is -2.42. The topological polar surface area (TPSA) is 22.3 Å². The van der Waals surface area contributed by atoms with Crippen LogP contribution in [0.1, 0.15) is 29.8 Å². The van der Waals surface area contributed by atoms with Crippen LogP contribution in [0, 0.1) is 0 Å². The zero-order valence-corrected chi connectivity index (χ0v) is 17.1. The van der Waals surface area contributed by atoms with Gasteiger partial charge in [-0.15, -0.1) is 0 Å². The number of pyridine rings is 1. The average Bonchev–Trinajstić information content (AvgIpc) is 2.79. The normalized spacial score (nSPS) is 12.0. The van der Waals surface area contributed by atoms with E-state index in [1.807, 2.05) is 6.07 Å². The Morgan fingerprint density at radius 1 is 0.793 bits per heavy atom. The Morgan fingerprint density at radius 2 is 1.52 bits per heavy atom. The number of hydrogen-bond acceptors (Lipinski definition) is 2. The molecule has 0 N–H and O–H groups in total. The molecule has 0 aliphatic carbocycles. The molecule has 29 heavy (non-hydrogen) atoms. The molecule has 0 radical (unpaired) electrons. The molecule has 0 aliphatic heterocycles. The fraction of sp³-hybridized carbons (Fsp3) is 0.192. The number of ether oxygens (including phenoxy) is 2. The van der Waals surface area contributed by atoms with Gasteiger partial charge in [0.1, 0.15) is 0 Å². The molecule has 3 aromatic carbocycles. The number of fused-ring (bicyclic) bond motifs is 1. The van der Waals surface area contributed by atoms with Crippen LogP contribution < -0.4 is 14.0 Å². The number of benzene rings is 3. The summed E-state index contributed by atoms with van der Waals surface area (Å²) in [6.45, 7) is 2.25. The molecule has 0 fully saturated rings. The largest absolute Gasteiger partial charge is 0.493 e. The molecule has 3 nitrogen and oxygen atoms in total. The van der Waals surface area contributed by atoms with Crippen molar-refractivity contribution in [2.24, 2.45) is 0 Å². The van der Waals surface area contributed by atoms with Gasteiger partial charge in [0.15, 0.2) is 29.4 Å². The Bertz CT molecular complexity index is 1120. The summed E-state index contributed by atoms with van der Waals surface area (Å²) in [5.74, 6) is 1.51. The quantitative estimate of drug-likeness (QED) is 0.419. The van der Waals surface area contributed by atoms with Gasteiger partial charge in [-0.1, -0.05) is 54.6 Å². The second kappa shape index (κ2) is 8.36. The average molecular weight is 384 g/mol. The molecule has 0 amide bonds. The van der Waals surface area contributed by atoms with Gasteiger partial charge in [0.2, 0.25) is 0 Å². The molecule has 0 saturated heterocycles. The van der Waals surface area contributed by atoms with E-state index in [2.05, 4.69) is 90.5 Å². The van der Waals surface area contributed by atoms with Gasteiger partial charge in [0, 0.05) is 23.9 Å². The van der Waals surface area contributed by atoms with E-state index in [-0.39, 0.29) is 6.04 Å². The van der Waals surface area contributed by atoms with Gasteiger partial charge >= 0.3 is 0 Å². The van der Waals surface area contributed by atoms with Gasteiger partial charge in [-0.05, 0) is 29.1 Å². The Morgan fingerprint density at radius 3 is 2.28 bits per heavy atom. The predicted octanol–water partition coefficient (Wildman–Crippen LogP) is 5.34. The third kappa shape index (κ3) is 3.81. The minimum atomic E-state index is 0.232. The Hall–Kier alpha value is -3.33. The predicted molar refractivity (Wildman–Crippen MR) is 117 cm³/mol. The third-order valence-corrected chi connectivity index (χ3v) is 5.52. The van der Waals surface area contributed by atoms with Crippen LogP contribution in [-0.4, -0.2) is 14.2 Å². The number of aromatic nitrogens is 1. The summed E-state index contributed by atoms with van der Waals surface area (Å²) in [7, 11) is 3.34. The first-order chi connectivity index (χ1) is 14.2. The molecule has 0 spiro atoms. The smallest absolute Gasteiger partial charge is 0.194 e. The Labute approximate surface area is 172 Å². The molecule has 1 aromatic heterocycles. The summed E-state index contributed by atoms with van der Waals surface area (Å²) in [5.41, 5.74) is 3.76. The molecule has 1 heterocycles. The maximum absolute atomic E-state index is 5.52. The number of rotatable bonds is 6. The van der Waals surface area contributed by atoms with Crippen molar-refractivity contribution >= 4 is 10.8 Å². The fourth-order valence-corrected chi connectivity index (χ4v) is 3.92. The van der Waals surface area contributed by atoms with Crippen molar-refractivity contribution in [3.63, 3.8) is 0 Å². The standard InChI is InChI=1S/C26H26NO2/c1-19(21-9-5-4-6-10-21)27-16-15-22-11-7-8-12-23(22)24(27)17-20-13-14-25(28-2)26(18-20)29-3/h4-16,18-19H,17H2,1-3H3/q+1/t19-/m0/s1. The van der Waals surface area contributed by atoms with E-state index in [4.69, 9.17) is 9.47 Å². The van der Waals surface area contributed by atoms with Crippen molar-refractivity contribution in [1.82, 2.24) is 0 Å². The van der Waals surface area contributed by atoms with E-state index < -0.39 is 0 Å². The van der Waals surface area contributed by atoms with Gasteiger partial charge in [-0.3, -0.25) is 0 Å². The van der Waals surface area contributed by atoms with E-state index in [1.165, 1.54) is 27.6 Å². The van der Waals surface area contributed by atoms with E-state index in [1.54, 1.807) is 14.2 Å². The Kier molecular flexibility index (Phi) is 5.48. The van der Waals surface area contributed by atoms with Crippen molar-refractivity contribution in [3.8, 4) is 11.5 Å². The lowest BCUT2D eigenvalue weighted by atomic mass is 10.0. The van der Waals surface area contributed by atoms with Crippen LogP contribution >= 0.6 is 0 Å². The van der Waals surface area contributed by atoms with Gasteiger partial charge < -0.3 is 9.47 Å². The minimum absolute atomic E-state index is 0.232. The molecule has 0 bridgehead atoms. The van der Waals surface area contributed by atoms with Crippen molar-refractivity contribution in [2.75, 3.05) is 14.2 Å². The third-order valence-electron chi connectivity index (χ3n) is 5.52. The van der Waals surface area contributed by atoms with Crippen LogP contribution in [0.4, 0.5) is 0 Å². The monoisotopic (exact) mass is 384 g/mol. The molecule has 3 heteroatoms. The van der Waals surface area contributed by atoms with Gasteiger partial charge in [-0.25, -0.2) is 0 Å². The first-order valence-corrected chi connectivity index (χ1v) is 9.89. The molecule has 1 atom stereocenters. The fourth-order valence-electron chi connectivity index (χ4n) is 3.92. The minimum Gasteiger partial charge on any atom is -0.493 e. The van der Waals surface area contributed by atoms with Crippen LogP contribution in [0.5, 0.6) is 11.5 Å². The van der Waals surface area contributed by atoms with Gasteiger partial charge in [0.05, 0.1) is 20.6 Å². The summed E-state index contributed by atoms with van der Waals surface area (Å²) < 4.78 is 13.3. The number of methoxy groups -OCH3 is 2. The van der Waals surface area contributed by atoms with E-state index in [9.17, 15) is 0 Å². The Balaban J connectivity index is 1.83. The summed E-state index contributed by atoms with van der Waals surface area (Å²) in [4.78, 5) is 0. The molecule has 0 saturated carbocycles. The lowest BCUT2D eigenvalue weighted by molar-refractivity contribution is -0.715. The van der Waals surface area contributed by atoms with Crippen molar-refractivity contribution in [2.45, 2.75) is 19.4 Å². The van der Waals surface area contributed by atoms with E-state index in [0.29, 0.717) is 0 Å². The zero-order chi connectivity index (χ0) is 20.2. The lowest BCUT2D eigenvalue weighted by Gasteiger charge is -2.15. The zero-order valence-electron chi connectivity index (χ0n) is 17.1. The maximum atomic E-state index is 5.52. The second-order valence-corrected chi connectivity index (χ2v) is 7.21. The second-order valence-electron chi connectivity index (χ2n) is 7.21. The molecule has 4 rings (SSSR count). The summed E-state index contributed by atoms with van der Waals surface area (Å²) >= 11 is 0. The molecule has 146 valence electrons. The SMILES string of the molecule is COc1ccc(Cc2c3ccccc3cc[n+]2[C@@H](C)c2ccccc2)cc1OC. The first-order valence-electron chi connectivity index (χ1n) is 9.89. The van der Waals surface area contributed by atoms with Crippen LogP contribution in [0.3, 0.4) is 0 Å². The highest BCUT2D eigenvalue weighted by Gasteiger charge is 2.23. The number of hydrogen-bond donors (Lipinski definition) is 0. The van der Waals surface area contributed by atoms with E-state index >= 15 is 0 Å². The highest BCUT2D eigenvalue weighted by atomic mass is 16.5. The first kappa shape index (κ1) is 19.0. The highest BCUT2D eigenvalue weighted by molar-refractivity contribution is 5.83. The van der Waals surface area contributed by atoms with Crippen LogP contribution in [0.25, 0.3) is 10.8 Å². The van der Waals surface area contributed by atoms with Crippen LogP contribution in [-0.2, 0) is 6.42 Å². The van der Waals surface area contributed by atoms with Crippen LogP contribution in [0.2, 0.25) is 0 Å². The van der Waals surface area contributed by atoms with Crippen molar-refractivity contribution in [3.05, 3.63) is 102 Å². The molecular weight excluding hydrogens is 358 g/mol. The number of nitrogens with zero attached hydrogens (tertiary/aromatic N) is 1. The van der Waals surface area contributed by atoms with Gasteiger partial charge in [0.25, 0.3) is 0 Å². The molecule has 0 unspecified atom stereocenters. The van der Waals surface area contributed by atoms with E-state index in [0.717, 1.165) is 17.9 Å². The molecule has 4 aromatic rings. The van der Waals surface area contributed by atoms with Gasteiger partial charge in [-0.2, -0.15) is 4.57 Å². The summed E-state index contributed by atoms with van der Waals surface area (Å²) in [5, 5.41) is 2.52. The molecule has 0 aliphatic rings. The summed E-state index contributed by atoms with van der Waals surface area (Å²) in [6, 6.07) is 27.8. The van der Waals surface area contributed by atoms with Crippen LogP contribution in [0.15, 0.2) is 85.1 Å². The van der Waals surface area contributed by atoms with Crippen molar-refractivity contribution < 1.29 is 14.0 Å². The highest BCUT2D eigenvalue weighted by Crippen LogP contribution is 2.29. The summed E-state index contributed by atoms with van der Waals surface area (Å²) in [6.07, 6.45) is 3.01. The maximum Gasteiger partial charge on any atom is 0.194 e. The molecular formula is C26H26NO2+.